The van der Waals surface area contributed by atoms with E-state index in [1.54, 1.807) is 4.68 Å². The highest BCUT2D eigenvalue weighted by atomic mass is 35.5. The van der Waals surface area contributed by atoms with Crippen molar-refractivity contribution in [3.8, 4) is 5.69 Å². The third kappa shape index (κ3) is 4.56. The fourth-order valence-electron chi connectivity index (χ4n) is 3.46. The van der Waals surface area contributed by atoms with Crippen molar-refractivity contribution in [2.45, 2.75) is 20.0 Å². The fraction of sp³-hybridized carbons (Fsp3) is 0.333. The summed E-state index contributed by atoms with van der Waals surface area (Å²) in [6.07, 6.45) is 1.84. The Morgan fingerprint density at radius 2 is 1.93 bits per heavy atom. The zero-order valence-corrected chi connectivity index (χ0v) is 17.7. The van der Waals surface area contributed by atoms with Crippen LogP contribution < -0.4 is 10.2 Å². The van der Waals surface area contributed by atoms with Crippen LogP contribution in [0.25, 0.3) is 5.69 Å². The topological polar surface area (TPSA) is 55.2 Å². The molecule has 0 spiro atoms. The number of hydrogen-bond acceptors (Lipinski definition) is 5. The minimum absolute atomic E-state index is 0.594. The Kier molecular flexibility index (Phi) is 6.35. The highest BCUT2D eigenvalue weighted by molar-refractivity contribution is 6.31. The monoisotopic (exact) mass is 431 g/mol. The van der Waals surface area contributed by atoms with Crippen LogP contribution in [-0.4, -0.2) is 41.1 Å². The number of anilines is 1. The number of rotatable bonds is 6. The van der Waals surface area contributed by atoms with Crippen LogP contribution in [0.5, 0.6) is 0 Å². The number of nitrogens with zero attached hydrogens (tertiary/aromatic N) is 4. The van der Waals surface area contributed by atoms with Crippen molar-refractivity contribution in [1.29, 1.82) is 0 Å². The van der Waals surface area contributed by atoms with Crippen LogP contribution in [-0.2, 0) is 17.8 Å². The lowest BCUT2D eigenvalue weighted by molar-refractivity contribution is 0.122. The van der Waals surface area contributed by atoms with Gasteiger partial charge in [-0.3, -0.25) is 0 Å². The summed E-state index contributed by atoms with van der Waals surface area (Å²) in [5, 5.41) is 9.33. The molecule has 1 saturated heterocycles. The number of ether oxygens (including phenoxy) is 1. The number of nitrogens with one attached hydrogen (secondary N) is 1. The number of hydrogen-bond donors (Lipinski definition) is 1. The van der Waals surface area contributed by atoms with Gasteiger partial charge < -0.3 is 15.0 Å². The highest BCUT2D eigenvalue weighted by Crippen LogP contribution is 2.25. The Bertz CT molecular complexity index is 985. The summed E-state index contributed by atoms with van der Waals surface area (Å²) in [6, 6.07) is 11.6. The van der Waals surface area contributed by atoms with E-state index in [1.807, 2.05) is 43.5 Å². The van der Waals surface area contributed by atoms with E-state index in [-0.39, 0.29) is 0 Å². The van der Waals surface area contributed by atoms with E-state index in [1.165, 1.54) is 0 Å². The molecule has 1 fully saturated rings. The molecular formula is C21H23Cl2N5O. The second-order valence-corrected chi connectivity index (χ2v) is 7.73. The average molecular weight is 432 g/mol. The first-order chi connectivity index (χ1) is 14.1. The van der Waals surface area contributed by atoms with Crippen molar-refractivity contribution >= 4 is 29.0 Å². The molecule has 29 heavy (non-hydrogen) atoms. The number of pyridine rings is 1. The highest BCUT2D eigenvalue weighted by Gasteiger charge is 2.17. The summed E-state index contributed by atoms with van der Waals surface area (Å²) in [5.41, 5.74) is 3.87. The molecular weight excluding hydrogens is 409 g/mol. The average Bonchev–Trinajstić information content (AvgIpc) is 3.03. The van der Waals surface area contributed by atoms with Crippen molar-refractivity contribution in [3.05, 3.63) is 69.6 Å². The van der Waals surface area contributed by atoms with E-state index in [0.717, 1.165) is 54.6 Å². The molecule has 2 aromatic heterocycles. The summed E-state index contributed by atoms with van der Waals surface area (Å²) in [6.45, 7) is 6.47. The SMILES string of the molecule is Cc1nn(-c2cccc(Cl)c2)c(Cl)c1CNCc1cccnc1N1CCOCC1. The van der Waals surface area contributed by atoms with E-state index in [9.17, 15) is 0 Å². The summed E-state index contributed by atoms with van der Waals surface area (Å²) in [5.74, 6) is 1.01. The smallest absolute Gasteiger partial charge is 0.137 e. The number of halogens is 2. The number of aryl methyl sites for hydroxylation is 1. The quantitative estimate of drug-likeness (QED) is 0.638. The zero-order chi connectivity index (χ0) is 20.2. The molecule has 0 radical (unpaired) electrons. The molecule has 1 aliphatic heterocycles. The molecule has 0 bridgehead atoms. The first-order valence-electron chi connectivity index (χ1n) is 9.60. The van der Waals surface area contributed by atoms with Crippen molar-refractivity contribution in [2.24, 2.45) is 0 Å². The lowest BCUT2D eigenvalue weighted by Crippen LogP contribution is -2.37. The molecule has 3 aromatic rings. The summed E-state index contributed by atoms with van der Waals surface area (Å²) < 4.78 is 7.18. The molecule has 0 saturated carbocycles. The maximum atomic E-state index is 6.63. The normalized spacial score (nSPS) is 14.4. The summed E-state index contributed by atoms with van der Waals surface area (Å²) in [4.78, 5) is 6.86. The Labute approximate surface area is 180 Å². The van der Waals surface area contributed by atoms with Crippen LogP contribution in [0, 0.1) is 6.92 Å². The van der Waals surface area contributed by atoms with Crippen LogP contribution in [0.4, 0.5) is 5.82 Å². The first-order valence-corrected chi connectivity index (χ1v) is 10.4. The van der Waals surface area contributed by atoms with Gasteiger partial charge in [-0.2, -0.15) is 5.10 Å². The molecule has 0 aliphatic carbocycles. The molecule has 152 valence electrons. The Morgan fingerprint density at radius 1 is 1.10 bits per heavy atom. The van der Waals surface area contributed by atoms with E-state index in [0.29, 0.717) is 23.3 Å². The van der Waals surface area contributed by atoms with Gasteiger partial charge in [-0.05, 0) is 31.2 Å². The van der Waals surface area contributed by atoms with E-state index in [4.69, 9.17) is 27.9 Å². The second-order valence-electron chi connectivity index (χ2n) is 6.94. The largest absolute Gasteiger partial charge is 0.378 e. The van der Waals surface area contributed by atoms with Gasteiger partial charge in [0, 0.05) is 48.5 Å². The summed E-state index contributed by atoms with van der Waals surface area (Å²) in [7, 11) is 0. The predicted octanol–water partition coefficient (Wildman–Crippen LogP) is 4.01. The van der Waals surface area contributed by atoms with Gasteiger partial charge in [0.2, 0.25) is 0 Å². The Morgan fingerprint density at radius 3 is 2.72 bits per heavy atom. The van der Waals surface area contributed by atoms with Gasteiger partial charge in [0.15, 0.2) is 0 Å². The van der Waals surface area contributed by atoms with Crippen LogP contribution in [0.1, 0.15) is 16.8 Å². The van der Waals surface area contributed by atoms with Crippen LogP contribution in [0.2, 0.25) is 10.2 Å². The second kappa shape index (κ2) is 9.13. The van der Waals surface area contributed by atoms with Gasteiger partial charge in [0.25, 0.3) is 0 Å². The number of benzene rings is 1. The minimum atomic E-state index is 0.594. The number of aromatic nitrogens is 3. The predicted molar refractivity (Wildman–Crippen MR) is 116 cm³/mol. The zero-order valence-electron chi connectivity index (χ0n) is 16.2. The minimum Gasteiger partial charge on any atom is -0.378 e. The lowest BCUT2D eigenvalue weighted by atomic mass is 10.2. The third-order valence-corrected chi connectivity index (χ3v) is 5.59. The van der Waals surface area contributed by atoms with Gasteiger partial charge in [-0.25, -0.2) is 9.67 Å². The lowest BCUT2D eigenvalue weighted by Gasteiger charge is -2.29. The molecule has 0 atom stereocenters. The van der Waals surface area contributed by atoms with Crippen molar-refractivity contribution < 1.29 is 4.74 Å². The van der Waals surface area contributed by atoms with Gasteiger partial charge in [-0.15, -0.1) is 0 Å². The maximum Gasteiger partial charge on any atom is 0.137 e. The molecule has 1 aliphatic rings. The molecule has 4 rings (SSSR count). The van der Waals surface area contributed by atoms with Crippen molar-refractivity contribution in [2.75, 3.05) is 31.2 Å². The van der Waals surface area contributed by atoms with Crippen LogP contribution in [0.15, 0.2) is 42.6 Å². The van der Waals surface area contributed by atoms with Gasteiger partial charge in [0.1, 0.15) is 11.0 Å². The summed E-state index contributed by atoms with van der Waals surface area (Å²) >= 11 is 12.7. The van der Waals surface area contributed by atoms with Gasteiger partial charge >= 0.3 is 0 Å². The Hall–Kier alpha value is -2.12. The van der Waals surface area contributed by atoms with E-state index in [2.05, 4.69) is 26.4 Å². The van der Waals surface area contributed by atoms with Crippen LogP contribution in [0.3, 0.4) is 0 Å². The van der Waals surface area contributed by atoms with E-state index >= 15 is 0 Å². The molecule has 1 aromatic carbocycles. The van der Waals surface area contributed by atoms with Crippen molar-refractivity contribution in [1.82, 2.24) is 20.1 Å². The Balaban J connectivity index is 1.47. The van der Waals surface area contributed by atoms with E-state index < -0.39 is 0 Å². The van der Waals surface area contributed by atoms with Crippen molar-refractivity contribution in [3.63, 3.8) is 0 Å². The standard InChI is InChI=1S/C21H23Cl2N5O/c1-15-19(20(23)28(26-15)18-6-2-5-17(22)12-18)14-24-13-16-4-3-7-25-21(16)27-8-10-29-11-9-27/h2-7,12,24H,8-11,13-14H2,1H3. The maximum absolute atomic E-state index is 6.63. The van der Waals surface area contributed by atoms with Gasteiger partial charge in [0.05, 0.1) is 24.6 Å². The molecule has 6 nitrogen and oxygen atoms in total. The van der Waals surface area contributed by atoms with Gasteiger partial charge in [-0.1, -0.05) is 35.3 Å². The molecule has 0 amide bonds. The van der Waals surface area contributed by atoms with Crippen LogP contribution >= 0.6 is 23.2 Å². The fourth-order valence-corrected chi connectivity index (χ4v) is 3.98. The molecule has 8 heteroatoms. The molecule has 0 unspecified atom stereocenters. The molecule has 3 heterocycles. The first kappa shape index (κ1) is 20.2. The third-order valence-electron chi connectivity index (χ3n) is 4.97. The number of morpholine rings is 1. The molecule has 1 N–H and O–H groups in total.